The zero-order chi connectivity index (χ0) is 12.2. The van der Waals surface area contributed by atoms with E-state index in [1.807, 2.05) is 13.8 Å². The maximum Gasteiger partial charge on any atom is 0.165 e. The van der Waals surface area contributed by atoms with Crippen LogP contribution in [0.15, 0.2) is 18.2 Å². The topological polar surface area (TPSA) is 52.5 Å². The zero-order valence-corrected chi connectivity index (χ0v) is 9.63. The van der Waals surface area contributed by atoms with Crippen molar-refractivity contribution in [3.05, 3.63) is 29.6 Å². The molecule has 3 N–H and O–H groups in total. The molecule has 0 saturated heterocycles. The fourth-order valence-corrected chi connectivity index (χ4v) is 1.41. The molecule has 1 aromatic carbocycles. The van der Waals surface area contributed by atoms with E-state index in [-0.39, 0.29) is 17.9 Å². The second-order valence-corrected chi connectivity index (χ2v) is 4.46. The van der Waals surface area contributed by atoms with Crippen molar-refractivity contribution in [2.75, 3.05) is 6.61 Å². The Bertz CT molecular complexity index is 353. The SMILES string of the molecule is CC(C)(CCO)NCc1cccc(F)c1O. The number of hydrogen-bond donors (Lipinski definition) is 3. The second kappa shape index (κ2) is 5.27. The maximum atomic E-state index is 13.0. The van der Waals surface area contributed by atoms with Gasteiger partial charge in [-0.3, -0.25) is 0 Å². The predicted octanol–water partition coefficient (Wildman–Crippen LogP) is 1.78. The normalized spacial score (nSPS) is 11.8. The van der Waals surface area contributed by atoms with Gasteiger partial charge in [0.2, 0.25) is 0 Å². The van der Waals surface area contributed by atoms with E-state index in [4.69, 9.17) is 5.11 Å². The summed E-state index contributed by atoms with van der Waals surface area (Å²) in [6, 6.07) is 4.45. The molecule has 0 fully saturated rings. The molecule has 0 atom stereocenters. The lowest BCUT2D eigenvalue weighted by atomic mass is 10.0. The summed E-state index contributed by atoms with van der Waals surface area (Å²) in [5.74, 6) is -0.922. The summed E-state index contributed by atoms with van der Waals surface area (Å²) in [6.45, 7) is 4.35. The van der Waals surface area contributed by atoms with Crippen LogP contribution in [0.3, 0.4) is 0 Å². The van der Waals surface area contributed by atoms with Crippen molar-refractivity contribution in [2.24, 2.45) is 0 Å². The van der Waals surface area contributed by atoms with Gasteiger partial charge in [-0.05, 0) is 26.3 Å². The Kier molecular flexibility index (Phi) is 4.26. The number of phenolic OH excluding ortho intramolecular Hbond substituents is 1. The molecule has 0 aliphatic carbocycles. The number of phenols is 1. The molecule has 0 aliphatic rings. The van der Waals surface area contributed by atoms with Gasteiger partial charge in [0.25, 0.3) is 0 Å². The molecule has 0 heterocycles. The molecule has 4 heteroatoms. The first-order valence-corrected chi connectivity index (χ1v) is 5.28. The Balaban J connectivity index is 2.64. The number of benzene rings is 1. The number of halogens is 1. The summed E-state index contributed by atoms with van der Waals surface area (Å²) in [5.41, 5.74) is 0.277. The summed E-state index contributed by atoms with van der Waals surface area (Å²) in [7, 11) is 0. The lowest BCUT2D eigenvalue weighted by Crippen LogP contribution is -2.39. The van der Waals surface area contributed by atoms with E-state index in [1.165, 1.54) is 6.07 Å². The highest BCUT2D eigenvalue weighted by atomic mass is 19.1. The standard InChI is InChI=1S/C12H18FNO2/c1-12(2,6-7-15)14-8-9-4-3-5-10(13)11(9)16/h3-5,14-16H,6-8H2,1-2H3. The van der Waals surface area contributed by atoms with Gasteiger partial charge in [0, 0.05) is 24.3 Å². The van der Waals surface area contributed by atoms with Gasteiger partial charge in [0.1, 0.15) is 0 Å². The molecule has 16 heavy (non-hydrogen) atoms. The Morgan fingerprint density at radius 1 is 1.38 bits per heavy atom. The zero-order valence-electron chi connectivity index (χ0n) is 9.63. The van der Waals surface area contributed by atoms with Crippen molar-refractivity contribution in [3.8, 4) is 5.75 Å². The molecule has 3 nitrogen and oxygen atoms in total. The van der Waals surface area contributed by atoms with Gasteiger partial charge in [-0.1, -0.05) is 12.1 Å². The minimum absolute atomic E-state index is 0.0924. The monoisotopic (exact) mass is 227 g/mol. The first-order chi connectivity index (χ1) is 7.46. The molecular formula is C12H18FNO2. The number of aliphatic hydroxyl groups is 1. The highest BCUT2D eigenvalue weighted by molar-refractivity contribution is 5.33. The molecule has 0 bridgehead atoms. The minimum atomic E-state index is -0.612. The molecule has 0 aromatic heterocycles. The van der Waals surface area contributed by atoms with Crippen molar-refractivity contribution in [3.63, 3.8) is 0 Å². The Labute approximate surface area is 94.9 Å². The first-order valence-electron chi connectivity index (χ1n) is 5.28. The van der Waals surface area contributed by atoms with Crippen LogP contribution in [0.1, 0.15) is 25.8 Å². The van der Waals surface area contributed by atoms with E-state index in [0.29, 0.717) is 18.5 Å². The van der Waals surface area contributed by atoms with Crippen LogP contribution in [0.25, 0.3) is 0 Å². The van der Waals surface area contributed by atoms with Gasteiger partial charge in [0.05, 0.1) is 0 Å². The van der Waals surface area contributed by atoms with Gasteiger partial charge in [-0.15, -0.1) is 0 Å². The predicted molar refractivity (Wildman–Crippen MR) is 60.7 cm³/mol. The van der Waals surface area contributed by atoms with E-state index in [1.54, 1.807) is 12.1 Å². The average molecular weight is 227 g/mol. The van der Waals surface area contributed by atoms with E-state index >= 15 is 0 Å². The van der Waals surface area contributed by atoms with Crippen LogP contribution in [0.2, 0.25) is 0 Å². The van der Waals surface area contributed by atoms with Gasteiger partial charge in [0.15, 0.2) is 11.6 Å². The lowest BCUT2D eigenvalue weighted by molar-refractivity contribution is 0.229. The van der Waals surface area contributed by atoms with Crippen LogP contribution in [0, 0.1) is 5.82 Å². The summed E-state index contributed by atoms with van der Waals surface area (Å²) in [6.07, 6.45) is 0.600. The van der Waals surface area contributed by atoms with Crippen LogP contribution in [-0.2, 0) is 6.54 Å². The van der Waals surface area contributed by atoms with E-state index in [9.17, 15) is 9.50 Å². The molecule has 0 amide bonds. The number of aromatic hydroxyl groups is 1. The van der Waals surface area contributed by atoms with Gasteiger partial charge in [-0.25, -0.2) is 4.39 Å². The highest BCUT2D eigenvalue weighted by Gasteiger charge is 2.17. The summed E-state index contributed by atoms with van der Waals surface area (Å²) in [5, 5.41) is 21.5. The largest absolute Gasteiger partial charge is 0.505 e. The molecule has 0 radical (unpaired) electrons. The van der Waals surface area contributed by atoms with Crippen LogP contribution >= 0.6 is 0 Å². The number of para-hydroxylation sites is 1. The quantitative estimate of drug-likeness (QED) is 0.718. The molecule has 0 saturated carbocycles. The van der Waals surface area contributed by atoms with Crippen LogP contribution < -0.4 is 5.32 Å². The van der Waals surface area contributed by atoms with Crippen molar-refractivity contribution in [2.45, 2.75) is 32.4 Å². The summed E-state index contributed by atoms with van der Waals surface area (Å²) >= 11 is 0. The van der Waals surface area contributed by atoms with Gasteiger partial charge >= 0.3 is 0 Å². The van der Waals surface area contributed by atoms with Gasteiger partial charge < -0.3 is 15.5 Å². The highest BCUT2D eigenvalue weighted by Crippen LogP contribution is 2.21. The summed E-state index contributed by atoms with van der Waals surface area (Å²) < 4.78 is 13.0. The van der Waals surface area contributed by atoms with Crippen molar-refractivity contribution < 1.29 is 14.6 Å². The fraction of sp³-hybridized carbons (Fsp3) is 0.500. The number of nitrogens with one attached hydrogen (secondary N) is 1. The third-order valence-corrected chi connectivity index (χ3v) is 2.56. The Morgan fingerprint density at radius 2 is 2.06 bits per heavy atom. The molecule has 1 aromatic rings. The maximum absolute atomic E-state index is 13.0. The van der Waals surface area contributed by atoms with Crippen LogP contribution in [-0.4, -0.2) is 22.4 Å². The smallest absolute Gasteiger partial charge is 0.165 e. The number of aliphatic hydroxyl groups excluding tert-OH is 1. The van der Waals surface area contributed by atoms with E-state index in [0.717, 1.165) is 0 Å². The Hall–Kier alpha value is -1.13. The third kappa shape index (κ3) is 3.47. The molecule has 1 rings (SSSR count). The minimum Gasteiger partial charge on any atom is -0.505 e. The molecular weight excluding hydrogens is 209 g/mol. The van der Waals surface area contributed by atoms with E-state index in [2.05, 4.69) is 5.32 Å². The average Bonchev–Trinajstić information content (AvgIpc) is 2.20. The first kappa shape index (κ1) is 12.9. The van der Waals surface area contributed by atoms with Crippen molar-refractivity contribution >= 4 is 0 Å². The van der Waals surface area contributed by atoms with Crippen LogP contribution in [0.4, 0.5) is 4.39 Å². The van der Waals surface area contributed by atoms with Gasteiger partial charge in [-0.2, -0.15) is 0 Å². The van der Waals surface area contributed by atoms with Crippen molar-refractivity contribution in [1.29, 1.82) is 0 Å². The number of hydrogen-bond acceptors (Lipinski definition) is 3. The molecule has 0 spiro atoms. The van der Waals surface area contributed by atoms with E-state index < -0.39 is 5.82 Å². The molecule has 0 unspecified atom stereocenters. The fourth-order valence-electron chi connectivity index (χ4n) is 1.41. The summed E-state index contributed by atoms with van der Waals surface area (Å²) in [4.78, 5) is 0. The number of rotatable bonds is 5. The Morgan fingerprint density at radius 3 is 2.69 bits per heavy atom. The van der Waals surface area contributed by atoms with Crippen LogP contribution in [0.5, 0.6) is 5.75 Å². The lowest BCUT2D eigenvalue weighted by Gasteiger charge is -2.25. The molecule has 90 valence electrons. The third-order valence-electron chi connectivity index (χ3n) is 2.56. The van der Waals surface area contributed by atoms with Crippen molar-refractivity contribution in [1.82, 2.24) is 5.32 Å². The molecule has 0 aliphatic heterocycles. The second-order valence-electron chi connectivity index (χ2n) is 4.46.